The minimum absolute atomic E-state index is 0.135. The van der Waals surface area contributed by atoms with Crippen LogP contribution in [0.4, 0.5) is 0 Å². The molecule has 24 heavy (non-hydrogen) atoms. The second-order valence-corrected chi connectivity index (χ2v) is 6.02. The van der Waals surface area contributed by atoms with Gasteiger partial charge in [-0.2, -0.15) is 0 Å². The largest absolute Gasteiger partial charge is 0.497 e. The molecule has 0 aliphatic rings. The zero-order valence-corrected chi connectivity index (χ0v) is 14.7. The molecule has 2 aromatic rings. The Morgan fingerprint density at radius 1 is 1.04 bits per heavy atom. The van der Waals surface area contributed by atoms with Gasteiger partial charge in [0.2, 0.25) is 0 Å². The van der Waals surface area contributed by atoms with Crippen LogP contribution in [0.25, 0.3) is 0 Å². The molecule has 0 bridgehead atoms. The second kappa shape index (κ2) is 8.39. The quantitative estimate of drug-likeness (QED) is 0.839. The van der Waals surface area contributed by atoms with E-state index in [4.69, 9.17) is 9.47 Å². The Balaban J connectivity index is 1.92. The number of carbonyl (C=O) groups excluding carboxylic acids is 1. The third-order valence-electron chi connectivity index (χ3n) is 3.84. The zero-order chi connectivity index (χ0) is 17.5. The summed E-state index contributed by atoms with van der Waals surface area (Å²) in [4.78, 5) is 12.3. The molecule has 0 saturated heterocycles. The number of benzene rings is 2. The van der Waals surface area contributed by atoms with Crippen molar-refractivity contribution < 1.29 is 14.3 Å². The summed E-state index contributed by atoms with van der Waals surface area (Å²) in [5.74, 6) is 1.77. The molecule has 2 aromatic carbocycles. The third kappa shape index (κ3) is 4.75. The monoisotopic (exact) mass is 327 g/mol. The number of ether oxygens (including phenoxy) is 2. The molecule has 128 valence electrons. The van der Waals surface area contributed by atoms with E-state index in [0.29, 0.717) is 12.5 Å². The van der Waals surface area contributed by atoms with E-state index in [9.17, 15) is 4.79 Å². The van der Waals surface area contributed by atoms with Crippen molar-refractivity contribution in [1.29, 1.82) is 0 Å². The van der Waals surface area contributed by atoms with Gasteiger partial charge in [-0.05, 0) is 42.2 Å². The predicted molar refractivity (Wildman–Crippen MR) is 95.5 cm³/mol. The molecule has 4 nitrogen and oxygen atoms in total. The summed E-state index contributed by atoms with van der Waals surface area (Å²) in [5.41, 5.74) is 2.12. The van der Waals surface area contributed by atoms with Crippen molar-refractivity contribution in [2.75, 3.05) is 7.11 Å². The Morgan fingerprint density at radius 3 is 2.33 bits per heavy atom. The van der Waals surface area contributed by atoms with Gasteiger partial charge in [-0.1, -0.05) is 44.2 Å². The van der Waals surface area contributed by atoms with Gasteiger partial charge in [0.15, 0.2) is 6.10 Å². The summed E-state index contributed by atoms with van der Waals surface area (Å²) in [6.45, 7) is 6.44. The second-order valence-electron chi connectivity index (χ2n) is 6.02. The Bertz CT molecular complexity index is 665. The zero-order valence-electron chi connectivity index (χ0n) is 14.7. The van der Waals surface area contributed by atoms with Crippen molar-refractivity contribution in [3.63, 3.8) is 0 Å². The molecule has 0 spiro atoms. The number of hydrogen-bond donors (Lipinski definition) is 1. The number of rotatable bonds is 7. The maximum absolute atomic E-state index is 12.3. The topological polar surface area (TPSA) is 47.6 Å². The van der Waals surface area contributed by atoms with E-state index >= 15 is 0 Å². The van der Waals surface area contributed by atoms with Crippen LogP contribution in [-0.2, 0) is 11.3 Å². The van der Waals surface area contributed by atoms with Crippen molar-refractivity contribution >= 4 is 5.91 Å². The number of carbonyl (C=O) groups is 1. The normalized spacial score (nSPS) is 11.9. The van der Waals surface area contributed by atoms with Gasteiger partial charge in [-0.25, -0.2) is 0 Å². The van der Waals surface area contributed by atoms with Gasteiger partial charge in [0.1, 0.15) is 11.5 Å². The molecule has 0 aliphatic carbocycles. The minimum atomic E-state index is -0.553. The molecule has 0 radical (unpaired) electrons. The summed E-state index contributed by atoms with van der Waals surface area (Å²) in [6, 6.07) is 15.4. The van der Waals surface area contributed by atoms with E-state index in [2.05, 4.69) is 19.2 Å². The van der Waals surface area contributed by atoms with Crippen molar-refractivity contribution in [1.82, 2.24) is 5.32 Å². The van der Waals surface area contributed by atoms with Crippen LogP contribution >= 0.6 is 0 Å². The standard InChI is InChI=1S/C20H25NO3/c1-14(2)18-7-5-6-8-19(18)24-15(3)20(22)21-13-16-9-11-17(23-4)12-10-16/h5-12,14-15H,13H2,1-4H3,(H,21,22)/t15-/m0/s1. The van der Waals surface area contributed by atoms with Crippen LogP contribution in [0.3, 0.4) is 0 Å². The summed E-state index contributed by atoms with van der Waals surface area (Å²) in [7, 11) is 1.63. The highest BCUT2D eigenvalue weighted by Gasteiger charge is 2.16. The molecule has 0 fully saturated rings. The molecule has 2 rings (SSSR count). The number of para-hydroxylation sites is 1. The lowest BCUT2D eigenvalue weighted by molar-refractivity contribution is -0.127. The first-order chi connectivity index (χ1) is 11.5. The lowest BCUT2D eigenvalue weighted by atomic mass is 10.0. The molecule has 1 atom stereocenters. The Morgan fingerprint density at radius 2 is 1.71 bits per heavy atom. The smallest absolute Gasteiger partial charge is 0.261 e. The van der Waals surface area contributed by atoms with Crippen LogP contribution in [0.5, 0.6) is 11.5 Å². The average Bonchev–Trinajstić information content (AvgIpc) is 2.60. The Kier molecular flexibility index (Phi) is 6.24. The maximum Gasteiger partial charge on any atom is 0.261 e. The van der Waals surface area contributed by atoms with Crippen LogP contribution in [-0.4, -0.2) is 19.1 Å². The van der Waals surface area contributed by atoms with Crippen molar-refractivity contribution in [3.8, 4) is 11.5 Å². The SMILES string of the molecule is COc1ccc(CNC(=O)[C@H](C)Oc2ccccc2C(C)C)cc1. The Hall–Kier alpha value is -2.49. The molecule has 0 unspecified atom stereocenters. The predicted octanol–water partition coefficient (Wildman–Crippen LogP) is 3.90. The number of hydrogen-bond acceptors (Lipinski definition) is 3. The number of methoxy groups -OCH3 is 1. The average molecular weight is 327 g/mol. The molecule has 1 amide bonds. The fourth-order valence-corrected chi connectivity index (χ4v) is 2.39. The fraction of sp³-hybridized carbons (Fsp3) is 0.350. The molecule has 0 saturated carbocycles. The van der Waals surface area contributed by atoms with E-state index in [-0.39, 0.29) is 5.91 Å². The first-order valence-electron chi connectivity index (χ1n) is 8.17. The number of amides is 1. The van der Waals surface area contributed by atoms with Gasteiger partial charge in [0.25, 0.3) is 5.91 Å². The number of nitrogens with one attached hydrogen (secondary N) is 1. The molecule has 4 heteroatoms. The van der Waals surface area contributed by atoms with Crippen molar-refractivity contribution in [3.05, 3.63) is 59.7 Å². The van der Waals surface area contributed by atoms with Gasteiger partial charge in [-0.3, -0.25) is 4.79 Å². The first-order valence-corrected chi connectivity index (χ1v) is 8.17. The summed E-state index contributed by atoms with van der Waals surface area (Å²) < 4.78 is 11.0. The first kappa shape index (κ1) is 17.9. The lowest BCUT2D eigenvalue weighted by Crippen LogP contribution is -2.36. The van der Waals surface area contributed by atoms with Crippen LogP contribution in [0.2, 0.25) is 0 Å². The van der Waals surface area contributed by atoms with Crippen LogP contribution < -0.4 is 14.8 Å². The lowest BCUT2D eigenvalue weighted by Gasteiger charge is -2.18. The fourth-order valence-electron chi connectivity index (χ4n) is 2.39. The van der Waals surface area contributed by atoms with Gasteiger partial charge in [0, 0.05) is 6.54 Å². The van der Waals surface area contributed by atoms with E-state index in [1.54, 1.807) is 14.0 Å². The highest BCUT2D eigenvalue weighted by Crippen LogP contribution is 2.26. The van der Waals surface area contributed by atoms with Crippen molar-refractivity contribution in [2.24, 2.45) is 0 Å². The highest BCUT2D eigenvalue weighted by molar-refractivity contribution is 5.80. The van der Waals surface area contributed by atoms with E-state index in [1.165, 1.54) is 0 Å². The van der Waals surface area contributed by atoms with Crippen LogP contribution in [0.15, 0.2) is 48.5 Å². The molecule has 1 N–H and O–H groups in total. The maximum atomic E-state index is 12.3. The minimum Gasteiger partial charge on any atom is -0.497 e. The molecular weight excluding hydrogens is 302 g/mol. The van der Waals surface area contributed by atoms with E-state index in [0.717, 1.165) is 22.6 Å². The Labute approximate surface area is 143 Å². The van der Waals surface area contributed by atoms with Crippen molar-refractivity contribution in [2.45, 2.75) is 39.3 Å². The van der Waals surface area contributed by atoms with Gasteiger partial charge < -0.3 is 14.8 Å². The molecule has 0 aromatic heterocycles. The van der Waals surface area contributed by atoms with E-state index in [1.807, 2.05) is 48.5 Å². The van der Waals surface area contributed by atoms with Gasteiger partial charge in [-0.15, -0.1) is 0 Å². The van der Waals surface area contributed by atoms with Crippen LogP contribution in [0.1, 0.15) is 37.8 Å². The summed E-state index contributed by atoms with van der Waals surface area (Å²) >= 11 is 0. The molecule has 0 heterocycles. The van der Waals surface area contributed by atoms with Crippen LogP contribution in [0, 0.1) is 0 Å². The van der Waals surface area contributed by atoms with Gasteiger partial charge in [0.05, 0.1) is 7.11 Å². The highest BCUT2D eigenvalue weighted by atomic mass is 16.5. The van der Waals surface area contributed by atoms with Gasteiger partial charge >= 0.3 is 0 Å². The van der Waals surface area contributed by atoms with E-state index < -0.39 is 6.10 Å². The summed E-state index contributed by atoms with van der Waals surface area (Å²) in [6.07, 6.45) is -0.553. The molecular formula is C20H25NO3. The third-order valence-corrected chi connectivity index (χ3v) is 3.84. The molecule has 0 aliphatic heterocycles. The summed E-state index contributed by atoms with van der Waals surface area (Å²) in [5, 5.41) is 2.90.